The van der Waals surface area contributed by atoms with E-state index in [2.05, 4.69) is 23.8 Å². The van der Waals surface area contributed by atoms with Gasteiger partial charge in [-0.05, 0) is 43.7 Å². The maximum Gasteiger partial charge on any atom is 0.261 e. The van der Waals surface area contributed by atoms with E-state index >= 15 is 0 Å². The van der Waals surface area contributed by atoms with Crippen LogP contribution in [0.25, 0.3) is 6.08 Å². The van der Waals surface area contributed by atoms with Gasteiger partial charge in [0.05, 0.1) is 13.2 Å². The molecule has 0 saturated heterocycles. The van der Waals surface area contributed by atoms with Crippen LogP contribution < -0.4 is 9.47 Å². The lowest BCUT2D eigenvalue weighted by atomic mass is 10.1. The van der Waals surface area contributed by atoms with Crippen LogP contribution in [0, 0.1) is 0 Å². The van der Waals surface area contributed by atoms with Gasteiger partial charge in [0.2, 0.25) is 0 Å². The number of ether oxygens (including phenoxy) is 2. The summed E-state index contributed by atoms with van der Waals surface area (Å²) in [5.74, 6) is 1.20. The number of benzene rings is 1. The summed E-state index contributed by atoms with van der Waals surface area (Å²) < 4.78 is 13.3. The first-order chi connectivity index (χ1) is 12.1. The van der Waals surface area contributed by atoms with Crippen LogP contribution in [0.2, 0.25) is 0 Å². The van der Waals surface area contributed by atoms with Gasteiger partial charge in [0.1, 0.15) is 0 Å². The Morgan fingerprint density at radius 1 is 1.28 bits per heavy atom. The average Bonchev–Trinajstić information content (AvgIpc) is 3.10. The van der Waals surface area contributed by atoms with E-state index in [1.165, 1.54) is 0 Å². The minimum Gasteiger partial charge on any atom is -0.493 e. The van der Waals surface area contributed by atoms with Crippen molar-refractivity contribution in [2.75, 3.05) is 20.3 Å². The summed E-state index contributed by atoms with van der Waals surface area (Å²) in [6.07, 6.45) is 6.01. The molecule has 1 aromatic carbocycles. The monoisotopic (exact) mass is 340 g/mol. The molecular weight excluding hydrogens is 316 g/mol. The Morgan fingerprint density at radius 2 is 2.12 bits per heavy atom. The minimum atomic E-state index is -0.0143. The summed E-state index contributed by atoms with van der Waals surface area (Å²) in [4.78, 5) is 14.5. The average molecular weight is 340 g/mol. The van der Waals surface area contributed by atoms with Gasteiger partial charge in [-0.15, -0.1) is 0 Å². The molecule has 1 atom stereocenters. The summed E-state index contributed by atoms with van der Waals surface area (Å²) in [6.45, 7) is 5.54. The lowest BCUT2D eigenvalue weighted by Crippen LogP contribution is -2.42. The summed E-state index contributed by atoms with van der Waals surface area (Å²) in [7, 11) is 1.60. The zero-order chi connectivity index (χ0) is 17.8. The van der Waals surface area contributed by atoms with E-state index in [1.54, 1.807) is 7.11 Å². The Balaban J connectivity index is 1.67. The molecule has 132 valence electrons. The zero-order valence-electron chi connectivity index (χ0n) is 14.9. The van der Waals surface area contributed by atoms with Gasteiger partial charge in [-0.3, -0.25) is 4.79 Å². The maximum atomic E-state index is 12.6. The molecule has 0 fully saturated rings. The third-order valence-electron chi connectivity index (χ3n) is 4.56. The van der Waals surface area contributed by atoms with Crippen LogP contribution in [0.3, 0.4) is 0 Å². The van der Waals surface area contributed by atoms with Crippen LogP contribution in [-0.2, 0) is 11.3 Å². The predicted molar refractivity (Wildman–Crippen MR) is 97.8 cm³/mol. The Hall–Kier alpha value is -2.69. The first kappa shape index (κ1) is 17.1. The molecule has 2 aromatic rings. The molecule has 1 aromatic heterocycles. The Labute approximate surface area is 148 Å². The zero-order valence-corrected chi connectivity index (χ0v) is 14.9. The smallest absolute Gasteiger partial charge is 0.261 e. The highest BCUT2D eigenvalue weighted by Crippen LogP contribution is 2.29. The minimum absolute atomic E-state index is 0.00434. The van der Waals surface area contributed by atoms with Gasteiger partial charge in [-0.2, -0.15) is 0 Å². The van der Waals surface area contributed by atoms with Crippen molar-refractivity contribution in [3.8, 4) is 11.5 Å². The van der Waals surface area contributed by atoms with E-state index in [-0.39, 0.29) is 18.6 Å². The molecule has 0 spiro atoms. The van der Waals surface area contributed by atoms with Gasteiger partial charge >= 0.3 is 0 Å². The molecule has 3 rings (SSSR count). The highest BCUT2D eigenvalue weighted by atomic mass is 16.5. The number of carbonyl (C=O) groups is 1. The van der Waals surface area contributed by atoms with Gasteiger partial charge in [0.25, 0.3) is 5.91 Å². The van der Waals surface area contributed by atoms with E-state index in [0.717, 1.165) is 17.8 Å². The Kier molecular flexibility index (Phi) is 5.12. The molecular formula is C20H24N2O3. The van der Waals surface area contributed by atoms with Crippen molar-refractivity contribution < 1.29 is 14.3 Å². The number of amides is 1. The highest BCUT2D eigenvalue weighted by molar-refractivity contribution is 5.78. The van der Waals surface area contributed by atoms with Crippen molar-refractivity contribution >= 4 is 12.0 Å². The van der Waals surface area contributed by atoms with Crippen molar-refractivity contribution in [3.05, 3.63) is 53.9 Å². The number of allylic oxidation sites excluding steroid dienone is 1. The Bertz CT molecular complexity index is 779. The molecule has 0 radical (unpaired) electrons. The lowest BCUT2D eigenvalue weighted by Gasteiger charge is -2.34. The van der Waals surface area contributed by atoms with Gasteiger partial charge in [-0.25, -0.2) is 0 Å². The number of fused-ring (bicyclic) bond motifs is 1. The maximum absolute atomic E-state index is 12.6. The van der Waals surface area contributed by atoms with Gasteiger partial charge in [-0.1, -0.05) is 18.2 Å². The quantitative estimate of drug-likeness (QED) is 0.836. The standard InChI is InChI=1S/C20H24N2O3/c1-4-6-16-8-9-18(19(13-16)24-3)25-14-20(23)22-12-11-21-10-5-7-17(21)15(22)2/h4-10,13,15H,11-12,14H2,1-3H3/b6-4+/t15-/m0/s1. The largest absolute Gasteiger partial charge is 0.493 e. The van der Waals surface area contributed by atoms with Crippen molar-refractivity contribution in [2.45, 2.75) is 26.4 Å². The van der Waals surface area contributed by atoms with Crippen LogP contribution in [0.15, 0.2) is 42.6 Å². The summed E-state index contributed by atoms with van der Waals surface area (Å²) in [5, 5.41) is 0. The van der Waals surface area contributed by atoms with E-state index < -0.39 is 0 Å². The summed E-state index contributed by atoms with van der Waals surface area (Å²) in [5.41, 5.74) is 2.19. The van der Waals surface area contributed by atoms with Crippen molar-refractivity contribution in [1.29, 1.82) is 0 Å². The van der Waals surface area contributed by atoms with E-state index in [4.69, 9.17) is 9.47 Å². The lowest BCUT2D eigenvalue weighted by molar-refractivity contribution is -0.136. The molecule has 5 nitrogen and oxygen atoms in total. The van der Waals surface area contributed by atoms with Gasteiger partial charge < -0.3 is 18.9 Å². The molecule has 0 bridgehead atoms. The van der Waals surface area contributed by atoms with Crippen molar-refractivity contribution in [3.63, 3.8) is 0 Å². The number of carbonyl (C=O) groups excluding carboxylic acids is 1. The molecule has 0 unspecified atom stereocenters. The van der Waals surface area contributed by atoms with Crippen LogP contribution >= 0.6 is 0 Å². The second kappa shape index (κ2) is 7.47. The van der Waals surface area contributed by atoms with Crippen LogP contribution in [0.4, 0.5) is 0 Å². The number of hydrogen-bond acceptors (Lipinski definition) is 3. The fourth-order valence-electron chi connectivity index (χ4n) is 3.24. The molecule has 2 heterocycles. The molecule has 0 N–H and O–H groups in total. The molecule has 25 heavy (non-hydrogen) atoms. The summed E-state index contributed by atoms with van der Waals surface area (Å²) in [6, 6.07) is 9.82. The topological polar surface area (TPSA) is 43.7 Å². The molecule has 0 saturated carbocycles. The number of nitrogens with zero attached hydrogens (tertiary/aromatic N) is 2. The number of methoxy groups -OCH3 is 1. The van der Waals surface area contributed by atoms with Gasteiger partial charge in [0.15, 0.2) is 18.1 Å². The van der Waals surface area contributed by atoms with Crippen molar-refractivity contribution in [1.82, 2.24) is 9.47 Å². The third-order valence-corrected chi connectivity index (χ3v) is 4.56. The van der Waals surface area contributed by atoms with Crippen LogP contribution in [-0.4, -0.2) is 35.6 Å². The molecule has 5 heteroatoms. The SMILES string of the molecule is C/C=C/c1ccc(OCC(=O)N2CCn3cccc3[C@@H]2C)c(OC)c1. The van der Waals surface area contributed by atoms with Gasteiger partial charge in [0, 0.05) is 25.0 Å². The molecule has 1 aliphatic rings. The fraction of sp³-hybridized carbons (Fsp3) is 0.350. The Morgan fingerprint density at radius 3 is 2.88 bits per heavy atom. The van der Waals surface area contributed by atoms with E-state index in [1.807, 2.05) is 48.2 Å². The van der Waals surface area contributed by atoms with Crippen LogP contribution in [0.1, 0.15) is 31.1 Å². The first-order valence-corrected chi connectivity index (χ1v) is 8.52. The normalized spacial score (nSPS) is 16.8. The predicted octanol–water partition coefficient (Wildman–Crippen LogP) is 3.51. The highest BCUT2D eigenvalue weighted by Gasteiger charge is 2.27. The second-order valence-electron chi connectivity index (χ2n) is 6.09. The molecule has 1 aliphatic heterocycles. The van der Waals surface area contributed by atoms with Crippen molar-refractivity contribution in [2.24, 2.45) is 0 Å². The fourth-order valence-corrected chi connectivity index (χ4v) is 3.24. The first-order valence-electron chi connectivity index (χ1n) is 8.52. The third kappa shape index (κ3) is 3.55. The number of hydrogen-bond donors (Lipinski definition) is 0. The van der Waals surface area contributed by atoms with E-state index in [9.17, 15) is 4.79 Å². The second-order valence-corrected chi connectivity index (χ2v) is 6.09. The molecule has 1 amide bonds. The van der Waals surface area contributed by atoms with E-state index in [0.29, 0.717) is 18.0 Å². The number of aromatic nitrogens is 1. The summed E-state index contributed by atoms with van der Waals surface area (Å²) >= 11 is 0. The molecule has 0 aliphatic carbocycles. The van der Waals surface area contributed by atoms with Crippen LogP contribution in [0.5, 0.6) is 11.5 Å². The number of rotatable bonds is 5.